The van der Waals surface area contributed by atoms with Gasteiger partial charge in [-0.3, -0.25) is 4.79 Å². The van der Waals surface area contributed by atoms with Crippen LogP contribution in [0.25, 0.3) is 0 Å². The number of amides is 1. The molecule has 4 heteroatoms. The van der Waals surface area contributed by atoms with E-state index in [1.165, 1.54) is 11.1 Å². The summed E-state index contributed by atoms with van der Waals surface area (Å²) in [6, 6.07) is 6.13. The van der Waals surface area contributed by atoms with Gasteiger partial charge in [-0.15, -0.1) is 0 Å². The summed E-state index contributed by atoms with van der Waals surface area (Å²) >= 11 is 0. The van der Waals surface area contributed by atoms with E-state index in [1.807, 2.05) is 31.7 Å². The lowest BCUT2D eigenvalue weighted by molar-refractivity contribution is -0.118. The summed E-state index contributed by atoms with van der Waals surface area (Å²) in [5.41, 5.74) is 3.14. The molecule has 2 aliphatic heterocycles. The number of nitrogens with one attached hydrogen (secondary N) is 1. The Kier molecular flexibility index (Phi) is 3.76. The molecule has 1 aromatic rings. The molecule has 1 fully saturated rings. The van der Waals surface area contributed by atoms with E-state index >= 15 is 0 Å². The summed E-state index contributed by atoms with van der Waals surface area (Å²) in [6.45, 7) is 9.30. The van der Waals surface area contributed by atoms with Crippen LogP contribution in [-0.2, 0) is 17.7 Å². The Hall–Kier alpha value is -1.39. The van der Waals surface area contributed by atoms with Gasteiger partial charge in [0.2, 0.25) is 0 Å². The van der Waals surface area contributed by atoms with Crippen molar-refractivity contribution < 1.29 is 9.53 Å². The van der Waals surface area contributed by atoms with Gasteiger partial charge >= 0.3 is 0 Å². The normalized spacial score (nSPS) is 24.5. The van der Waals surface area contributed by atoms with Gasteiger partial charge in [0.25, 0.3) is 5.91 Å². The summed E-state index contributed by atoms with van der Waals surface area (Å²) in [6.07, 6.45) is 1.13. The highest BCUT2D eigenvalue weighted by Crippen LogP contribution is 2.23. The first-order valence-electron chi connectivity index (χ1n) is 7.74. The summed E-state index contributed by atoms with van der Waals surface area (Å²) in [5.74, 6) is 0.117. The molecule has 21 heavy (non-hydrogen) atoms. The van der Waals surface area contributed by atoms with Crippen LogP contribution in [0.5, 0.6) is 0 Å². The lowest BCUT2D eigenvalue weighted by Gasteiger charge is -2.41. The third kappa shape index (κ3) is 3.11. The van der Waals surface area contributed by atoms with E-state index in [0.717, 1.165) is 25.1 Å². The summed E-state index contributed by atoms with van der Waals surface area (Å²) < 4.78 is 5.88. The lowest BCUT2D eigenvalue weighted by Crippen LogP contribution is -2.53. The Labute approximate surface area is 126 Å². The topological polar surface area (TPSA) is 41.6 Å². The smallest absolute Gasteiger partial charge is 0.254 e. The van der Waals surface area contributed by atoms with Crippen LogP contribution >= 0.6 is 0 Å². The van der Waals surface area contributed by atoms with Crippen molar-refractivity contribution in [2.75, 3.05) is 19.6 Å². The van der Waals surface area contributed by atoms with E-state index in [4.69, 9.17) is 4.74 Å². The molecule has 0 spiro atoms. The molecule has 0 aromatic heterocycles. The fourth-order valence-electron chi connectivity index (χ4n) is 3.40. The number of fused-ring (bicyclic) bond motifs is 1. The molecule has 1 aromatic carbocycles. The van der Waals surface area contributed by atoms with Crippen molar-refractivity contribution in [1.29, 1.82) is 0 Å². The molecule has 1 saturated heterocycles. The monoisotopic (exact) mass is 288 g/mol. The van der Waals surface area contributed by atoms with Gasteiger partial charge in [-0.1, -0.05) is 6.07 Å². The molecule has 3 rings (SSSR count). The van der Waals surface area contributed by atoms with Crippen LogP contribution in [0, 0.1) is 0 Å². The second kappa shape index (κ2) is 5.43. The largest absolute Gasteiger partial charge is 0.369 e. The van der Waals surface area contributed by atoms with Crippen LogP contribution in [0.2, 0.25) is 0 Å². The number of morpholine rings is 1. The van der Waals surface area contributed by atoms with Gasteiger partial charge in [-0.05, 0) is 57.0 Å². The second-order valence-corrected chi connectivity index (χ2v) is 6.78. The fourth-order valence-corrected chi connectivity index (χ4v) is 3.40. The zero-order valence-electron chi connectivity index (χ0n) is 13.1. The average molecular weight is 288 g/mol. The number of carbonyl (C=O) groups is 1. The maximum atomic E-state index is 12.8. The van der Waals surface area contributed by atoms with Crippen molar-refractivity contribution in [2.45, 2.75) is 45.4 Å². The molecule has 1 N–H and O–H groups in total. The van der Waals surface area contributed by atoms with Crippen molar-refractivity contribution in [3.63, 3.8) is 0 Å². The first kappa shape index (κ1) is 14.5. The molecule has 0 saturated carbocycles. The Morgan fingerprint density at radius 3 is 2.95 bits per heavy atom. The minimum absolute atomic E-state index is 0.0805. The van der Waals surface area contributed by atoms with E-state index in [9.17, 15) is 4.79 Å². The van der Waals surface area contributed by atoms with Crippen LogP contribution < -0.4 is 5.32 Å². The fraction of sp³-hybridized carbons (Fsp3) is 0.588. The van der Waals surface area contributed by atoms with E-state index in [-0.39, 0.29) is 17.6 Å². The number of nitrogens with zero attached hydrogens (tertiary/aromatic N) is 1. The minimum atomic E-state index is -0.275. The van der Waals surface area contributed by atoms with Crippen molar-refractivity contribution in [3.8, 4) is 0 Å². The van der Waals surface area contributed by atoms with Gasteiger partial charge in [0.05, 0.1) is 11.7 Å². The molecule has 2 heterocycles. The average Bonchev–Trinajstić information content (AvgIpc) is 2.44. The third-order valence-corrected chi connectivity index (χ3v) is 4.20. The number of rotatable bonds is 1. The van der Waals surface area contributed by atoms with Crippen LogP contribution in [0.4, 0.5) is 0 Å². The van der Waals surface area contributed by atoms with Gasteiger partial charge in [-0.25, -0.2) is 0 Å². The Balaban J connectivity index is 1.81. The maximum Gasteiger partial charge on any atom is 0.254 e. The minimum Gasteiger partial charge on any atom is -0.369 e. The van der Waals surface area contributed by atoms with Crippen molar-refractivity contribution in [3.05, 3.63) is 34.9 Å². The number of benzene rings is 1. The highest BCUT2D eigenvalue weighted by Gasteiger charge is 2.34. The van der Waals surface area contributed by atoms with E-state index in [2.05, 4.69) is 17.4 Å². The van der Waals surface area contributed by atoms with Crippen molar-refractivity contribution in [1.82, 2.24) is 10.2 Å². The molecule has 1 unspecified atom stereocenters. The number of carbonyl (C=O) groups excluding carboxylic acids is 1. The summed E-state index contributed by atoms with van der Waals surface area (Å²) in [5, 5.41) is 3.36. The molecule has 4 nitrogen and oxygen atoms in total. The molecule has 1 atom stereocenters. The first-order valence-corrected chi connectivity index (χ1v) is 7.74. The van der Waals surface area contributed by atoms with Crippen LogP contribution in [0.3, 0.4) is 0 Å². The molecular weight excluding hydrogens is 264 g/mol. The summed E-state index contributed by atoms with van der Waals surface area (Å²) in [7, 11) is 0. The van der Waals surface area contributed by atoms with Gasteiger partial charge in [0.1, 0.15) is 0 Å². The van der Waals surface area contributed by atoms with Crippen LogP contribution in [-0.4, -0.2) is 42.1 Å². The van der Waals surface area contributed by atoms with Crippen molar-refractivity contribution in [2.24, 2.45) is 0 Å². The van der Waals surface area contributed by atoms with Crippen LogP contribution in [0.1, 0.15) is 42.3 Å². The van der Waals surface area contributed by atoms with E-state index in [1.54, 1.807) is 0 Å². The van der Waals surface area contributed by atoms with Gasteiger partial charge in [-0.2, -0.15) is 0 Å². The molecule has 2 aliphatic rings. The van der Waals surface area contributed by atoms with Crippen molar-refractivity contribution >= 4 is 5.91 Å². The Bertz CT molecular complexity index is 554. The zero-order chi connectivity index (χ0) is 15.0. The van der Waals surface area contributed by atoms with E-state index < -0.39 is 0 Å². The number of ether oxygens (including phenoxy) is 1. The first-order chi connectivity index (χ1) is 9.94. The highest BCUT2D eigenvalue weighted by molar-refractivity contribution is 5.94. The van der Waals surface area contributed by atoms with Gasteiger partial charge < -0.3 is 15.0 Å². The SMILES string of the molecule is CC1CN(C(=O)c2ccc3c(c2)CNCC3)CC(C)(C)O1. The molecule has 0 bridgehead atoms. The lowest BCUT2D eigenvalue weighted by atomic mass is 9.97. The maximum absolute atomic E-state index is 12.8. The molecule has 0 radical (unpaired) electrons. The molecule has 1 amide bonds. The third-order valence-electron chi connectivity index (χ3n) is 4.20. The van der Waals surface area contributed by atoms with Gasteiger partial charge in [0, 0.05) is 25.2 Å². The number of hydrogen-bond donors (Lipinski definition) is 1. The van der Waals surface area contributed by atoms with Crippen LogP contribution in [0.15, 0.2) is 18.2 Å². The molecule has 0 aliphatic carbocycles. The predicted molar refractivity (Wildman–Crippen MR) is 82.4 cm³/mol. The molecule has 114 valence electrons. The highest BCUT2D eigenvalue weighted by atomic mass is 16.5. The standard InChI is InChI=1S/C17H24N2O2/c1-12-10-19(11-17(2,3)21-12)16(20)14-5-4-13-6-7-18-9-15(13)8-14/h4-5,8,12,18H,6-7,9-11H2,1-3H3. The Morgan fingerprint density at radius 2 is 2.19 bits per heavy atom. The number of hydrogen-bond acceptors (Lipinski definition) is 3. The van der Waals surface area contributed by atoms with Gasteiger partial charge in [0.15, 0.2) is 0 Å². The van der Waals surface area contributed by atoms with E-state index in [0.29, 0.717) is 13.1 Å². The summed E-state index contributed by atoms with van der Waals surface area (Å²) in [4.78, 5) is 14.7. The predicted octanol–water partition coefficient (Wildman–Crippen LogP) is 1.97. The quantitative estimate of drug-likeness (QED) is 0.859. The second-order valence-electron chi connectivity index (χ2n) is 6.78. The molecular formula is C17H24N2O2. The Morgan fingerprint density at radius 1 is 1.38 bits per heavy atom. The zero-order valence-corrected chi connectivity index (χ0v) is 13.1.